The third-order valence-corrected chi connectivity index (χ3v) is 5.75. The van der Waals surface area contributed by atoms with Gasteiger partial charge in [0.05, 0.1) is 5.56 Å². The molecule has 6 heteroatoms. The molecule has 1 rings (SSSR count). The number of carbonyl (C=O) groups excluding carboxylic acids is 1. The summed E-state index contributed by atoms with van der Waals surface area (Å²) in [6, 6.07) is 3.25. The molecular weight excluding hydrogens is 330 g/mol. The van der Waals surface area contributed by atoms with E-state index in [4.69, 9.17) is 0 Å². The molecule has 0 atom stereocenters. The van der Waals surface area contributed by atoms with Crippen LogP contribution in [0.2, 0.25) is 10.6 Å². The van der Waals surface area contributed by atoms with E-state index in [1.54, 1.807) is 14.1 Å². The molecule has 0 aliphatic rings. The van der Waals surface area contributed by atoms with E-state index in [0.29, 0.717) is 12.0 Å². The van der Waals surface area contributed by atoms with Crippen LogP contribution in [0.4, 0.5) is 18.9 Å². The zero-order valence-electron chi connectivity index (χ0n) is 15.4. The van der Waals surface area contributed by atoms with Crippen molar-refractivity contribution in [3.05, 3.63) is 29.3 Å². The Bertz CT molecular complexity index is 492. The highest BCUT2D eigenvalue weighted by Crippen LogP contribution is 2.32. The zero-order chi connectivity index (χ0) is 18.9. The van der Waals surface area contributed by atoms with Gasteiger partial charge in [-0.1, -0.05) is 39.5 Å². The fourth-order valence-electron chi connectivity index (χ4n) is 1.89. The lowest BCUT2D eigenvalue weighted by Crippen LogP contribution is -2.12. The van der Waals surface area contributed by atoms with Gasteiger partial charge in [0.1, 0.15) is 6.29 Å². The minimum absolute atomic E-state index is 0.0218. The van der Waals surface area contributed by atoms with Crippen molar-refractivity contribution < 1.29 is 18.0 Å². The van der Waals surface area contributed by atoms with Crippen LogP contribution >= 0.6 is 0 Å². The summed E-state index contributed by atoms with van der Waals surface area (Å²) >= 11 is 0.755. The van der Waals surface area contributed by atoms with Gasteiger partial charge >= 0.3 is 6.18 Å². The Balaban J connectivity index is 0.000000506. The quantitative estimate of drug-likeness (QED) is 0.500. The summed E-state index contributed by atoms with van der Waals surface area (Å²) in [4.78, 5) is 12.0. The summed E-state index contributed by atoms with van der Waals surface area (Å²) < 4.78 is 37.2. The number of halogens is 3. The van der Waals surface area contributed by atoms with Crippen molar-refractivity contribution in [2.45, 2.75) is 44.4 Å². The maximum absolute atomic E-state index is 12.4. The van der Waals surface area contributed by atoms with E-state index < -0.39 is 11.7 Å². The van der Waals surface area contributed by atoms with Crippen LogP contribution in [0.25, 0.3) is 0 Å². The lowest BCUT2D eigenvalue weighted by Gasteiger charge is -2.15. The molecule has 0 aliphatic carbocycles. The Morgan fingerprint density at radius 2 is 1.54 bits per heavy atom. The minimum atomic E-state index is -4.43. The number of alkyl halides is 3. The van der Waals surface area contributed by atoms with Crippen LogP contribution in [0.1, 0.15) is 43.6 Å². The molecule has 0 saturated carbocycles. The summed E-state index contributed by atoms with van der Waals surface area (Å²) in [5, 5.41) is 2.97. The fraction of sp³-hybridized carbons (Fsp3) is 0.611. The zero-order valence-corrected chi connectivity index (χ0v) is 16.6. The number of nitrogens with zero attached hydrogens (tertiary/aromatic N) is 1. The smallest absolute Gasteiger partial charge is 0.378 e. The van der Waals surface area contributed by atoms with Crippen LogP contribution in [-0.2, 0) is 6.18 Å². The summed E-state index contributed by atoms with van der Waals surface area (Å²) in [6.07, 6.45) is -4.02. The largest absolute Gasteiger partial charge is 0.416 e. The normalized spacial score (nSPS) is 11.1. The summed E-state index contributed by atoms with van der Waals surface area (Å²) in [6.45, 7) is 9.25. The standard InChI is InChI=1S/C10H10F3NO.2C4H9.Al/c1-14(2)9-4-7(6-15)3-8(5-9)10(11,12)13;2*1-4(2)3;/h3-6H,1-2H3;2*4H,1H2,2-3H3;. The molecule has 1 aromatic rings. The van der Waals surface area contributed by atoms with E-state index >= 15 is 0 Å². The molecule has 0 N–H and O–H groups in total. The predicted molar refractivity (Wildman–Crippen MR) is 96.2 cm³/mol. The van der Waals surface area contributed by atoms with Gasteiger partial charge in [-0.3, -0.25) is 4.79 Å². The van der Waals surface area contributed by atoms with Crippen molar-refractivity contribution in [1.82, 2.24) is 0 Å². The Kier molecular flexibility index (Phi) is 10.3. The molecule has 0 saturated heterocycles. The highest BCUT2D eigenvalue weighted by Gasteiger charge is 2.31. The van der Waals surface area contributed by atoms with E-state index in [2.05, 4.69) is 27.7 Å². The van der Waals surface area contributed by atoms with E-state index in [-0.39, 0.29) is 5.56 Å². The molecular formula is C18H28AlF3NO. The number of benzene rings is 1. The molecule has 0 heterocycles. The van der Waals surface area contributed by atoms with Crippen LogP contribution in [-0.4, -0.2) is 35.6 Å². The van der Waals surface area contributed by atoms with Gasteiger partial charge in [0.2, 0.25) is 15.2 Å². The van der Waals surface area contributed by atoms with E-state index in [9.17, 15) is 18.0 Å². The molecule has 0 aliphatic heterocycles. The maximum Gasteiger partial charge on any atom is 0.416 e. The second kappa shape index (κ2) is 10.8. The predicted octanol–water partition coefficient (Wildman–Crippen LogP) is 5.42. The van der Waals surface area contributed by atoms with Crippen LogP contribution in [0, 0.1) is 11.8 Å². The Morgan fingerprint density at radius 3 is 1.88 bits per heavy atom. The van der Waals surface area contributed by atoms with Crippen molar-refractivity contribution in [1.29, 1.82) is 0 Å². The molecule has 135 valence electrons. The molecule has 1 radical (unpaired) electrons. The van der Waals surface area contributed by atoms with Crippen LogP contribution in [0.15, 0.2) is 18.2 Å². The second-order valence-electron chi connectivity index (χ2n) is 6.87. The lowest BCUT2D eigenvalue weighted by atomic mass is 10.1. The second-order valence-corrected chi connectivity index (χ2v) is 8.39. The topological polar surface area (TPSA) is 20.3 Å². The van der Waals surface area contributed by atoms with Gasteiger partial charge in [0, 0.05) is 25.3 Å². The Morgan fingerprint density at radius 1 is 1.04 bits per heavy atom. The highest BCUT2D eigenvalue weighted by molar-refractivity contribution is 6.35. The van der Waals surface area contributed by atoms with Crippen molar-refractivity contribution in [2.75, 3.05) is 19.0 Å². The summed E-state index contributed by atoms with van der Waals surface area (Å²) in [5.41, 5.74) is -0.434. The third kappa shape index (κ3) is 10.00. The monoisotopic (exact) mass is 358 g/mol. The number of rotatable bonds is 6. The van der Waals surface area contributed by atoms with E-state index in [1.165, 1.54) is 21.5 Å². The molecule has 0 amide bonds. The van der Waals surface area contributed by atoms with Gasteiger partial charge in [0.15, 0.2) is 0 Å². The van der Waals surface area contributed by atoms with Crippen molar-refractivity contribution in [3.8, 4) is 0 Å². The van der Waals surface area contributed by atoms with Crippen molar-refractivity contribution in [2.24, 2.45) is 11.8 Å². The number of hydrogen-bond donors (Lipinski definition) is 0. The Hall–Kier alpha value is -0.988. The third-order valence-electron chi connectivity index (χ3n) is 3.20. The molecule has 0 spiro atoms. The van der Waals surface area contributed by atoms with Gasteiger partial charge in [-0.25, -0.2) is 0 Å². The van der Waals surface area contributed by atoms with E-state index in [0.717, 1.165) is 39.2 Å². The van der Waals surface area contributed by atoms with Crippen LogP contribution in [0.3, 0.4) is 0 Å². The van der Waals surface area contributed by atoms with Gasteiger partial charge in [-0.2, -0.15) is 13.2 Å². The van der Waals surface area contributed by atoms with E-state index in [1.807, 2.05) is 0 Å². The minimum Gasteiger partial charge on any atom is -0.378 e. The first-order chi connectivity index (χ1) is 11.0. The molecule has 1 aromatic carbocycles. The first kappa shape index (κ1) is 23.0. The lowest BCUT2D eigenvalue weighted by molar-refractivity contribution is -0.137. The highest BCUT2D eigenvalue weighted by atomic mass is 27.1. The number of aldehydes is 1. The van der Waals surface area contributed by atoms with Gasteiger partial charge in [-0.05, 0) is 18.2 Å². The molecule has 0 bridgehead atoms. The number of carbonyl (C=O) groups is 1. The van der Waals surface area contributed by atoms with Crippen LogP contribution < -0.4 is 4.90 Å². The maximum atomic E-state index is 12.4. The first-order valence-electron chi connectivity index (χ1n) is 8.13. The first-order valence-corrected chi connectivity index (χ1v) is 9.77. The van der Waals surface area contributed by atoms with Gasteiger partial charge < -0.3 is 4.90 Å². The number of hydrogen-bond acceptors (Lipinski definition) is 2. The SMILES string of the molecule is CC(C)[CH2][Al][CH2]C(C)C.CN(C)c1cc(C=O)cc(C(F)(F)F)c1. The molecule has 2 nitrogen and oxygen atoms in total. The van der Waals surface area contributed by atoms with Gasteiger partial charge in [0.25, 0.3) is 0 Å². The molecule has 0 fully saturated rings. The fourth-order valence-corrected chi connectivity index (χ4v) is 3.41. The molecule has 0 aromatic heterocycles. The van der Waals surface area contributed by atoms with Crippen LogP contribution in [0.5, 0.6) is 0 Å². The Labute approximate surface area is 150 Å². The van der Waals surface area contributed by atoms with Crippen molar-refractivity contribution >= 4 is 27.2 Å². The average Bonchev–Trinajstić information content (AvgIpc) is 2.45. The molecule has 0 unspecified atom stereocenters. The molecule has 24 heavy (non-hydrogen) atoms. The average molecular weight is 358 g/mol. The van der Waals surface area contributed by atoms with Crippen molar-refractivity contribution in [3.63, 3.8) is 0 Å². The summed E-state index contributed by atoms with van der Waals surface area (Å²) in [5.74, 6) is 1.86. The summed E-state index contributed by atoms with van der Waals surface area (Å²) in [7, 11) is 3.23. The number of anilines is 1. The van der Waals surface area contributed by atoms with Gasteiger partial charge in [-0.15, -0.1) is 10.6 Å².